The summed E-state index contributed by atoms with van der Waals surface area (Å²) in [5.41, 5.74) is 1.34. The molecule has 0 radical (unpaired) electrons. The summed E-state index contributed by atoms with van der Waals surface area (Å²) in [7, 11) is 1.80. The zero-order valence-electron chi connectivity index (χ0n) is 15.0. The number of amides is 1. The predicted octanol–water partition coefficient (Wildman–Crippen LogP) is 3.48. The third-order valence-corrected chi connectivity index (χ3v) is 6.18. The van der Waals surface area contributed by atoms with E-state index < -0.39 is 23.4 Å². The Morgan fingerprint density at radius 2 is 1.85 bits per heavy atom. The maximum absolute atomic E-state index is 14.2. The summed E-state index contributed by atoms with van der Waals surface area (Å²) < 4.78 is 46.2. The van der Waals surface area contributed by atoms with Gasteiger partial charge in [0.05, 0.1) is 6.42 Å². The molecule has 8 heteroatoms. The lowest BCUT2D eigenvalue weighted by molar-refractivity contribution is -0.129. The molecule has 1 fully saturated rings. The summed E-state index contributed by atoms with van der Waals surface area (Å²) in [5, 5.41) is 0. The molecule has 2 aliphatic rings. The molecule has 0 saturated carbocycles. The first-order valence-electron chi connectivity index (χ1n) is 9.07. The van der Waals surface area contributed by atoms with Crippen molar-refractivity contribution in [1.29, 1.82) is 0 Å². The monoisotopic (exact) mass is 395 g/mol. The van der Waals surface area contributed by atoms with E-state index in [0.29, 0.717) is 11.2 Å². The highest BCUT2D eigenvalue weighted by atomic mass is 32.1. The Kier molecular flexibility index (Phi) is 4.61. The lowest BCUT2D eigenvalue weighted by Gasteiger charge is -2.16. The molecular weight excluding hydrogens is 375 g/mol. The molecule has 2 aliphatic heterocycles. The third-order valence-electron chi connectivity index (χ3n) is 5.69. The molecule has 1 atom stereocenters. The summed E-state index contributed by atoms with van der Waals surface area (Å²) in [5.74, 6) is -3.46. The second-order valence-electron chi connectivity index (χ2n) is 7.27. The van der Waals surface area contributed by atoms with Gasteiger partial charge in [0.15, 0.2) is 16.4 Å². The number of hydrogen-bond acceptors (Lipinski definition) is 2. The molecule has 1 saturated heterocycles. The minimum atomic E-state index is -1.14. The minimum absolute atomic E-state index is 0.0399. The van der Waals surface area contributed by atoms with Gasteiger partial charge in [0.25, 0.3) is 0 Å². The molecule has 0 N–H and O–H groups in total. The van der Waals surface area contributed by atoms with Crippen LogP contribution < -0.4 is 0 Å². The lowest BCUT2D eigenvalue weighted by Crippen LogP contribution is -2.30. The van der Waals surface area contributed by atoms with Gasteiger partial charge in [-0.3, -0.25) is 4.79 Å². The van der Waals surface area contributed by atoms with Crippen LogP contribution in [0.4, 0.5) is 13.2 Å². The van der Waals surface area contributed by atoms with Gasteiger partial charge in [0.2, 0.25) is 5.91 Å². The van der Waals surface area contributed by atoms with Gasteiger partial charge in [-0.1, -0.05) is 0 Å². The van der Waals surface area contributed by atoms with E-state index in [-0.39, 0.29) is 24.4 Å². The molecule has 0 bridgehead atoms. The van der Waals surface area contributed by atoms with Crippen LogP contribution in [-0.4, -0.2) is 33.0 Å². The average Bonchev–Trinajstić information content (AvgIpc) is 3.35. The summed E-state index contributed by atoms with van der Waals surface area (Å²) in [6.07, 6.45) is 2.56. The fraction of sp³-hybridized carbons (Fsp3) is 0.474. The van der Waals surface area contributed by atoms with Crippen LogP contribution in [0.3, 0.4) is 0 Å². The Hall–Kier alpha value is -2.09. The van der Waals surface area contributed by atoms with Gasteiger partial charge in [-0.05, 0) is 43.6 Å². The molecule has 27 heavy (non-hydrogen) atoms. The minimum Gasteiger partial charge on any atom is -0.342 e. The molecule has 0 spiro atoms. The topological polar surface area (TPSA) is 30.2 Å². The summed E-state index contributed by atoms with van der Waals surface area (Å²) in [6, 6.07) is 1.75. The van der Waals surface area contributed by atoms with Gasteiger partial charge in [0.1, 0.15) is 5.82 Å². The van der Waals surface area contributed by atoms with Crippen molar-refractivity contribution >= 4 is 18.1 Å². The lowest BCUT2D eigenvalue weighted by atomic mass is 9.95. The van der Waals surface area contributed by atoms with E-state index in [9.17, 15) is 18.0 Å². The van der Waals surface area contributed by atoms with E-state index in [2.05, 4.69) is 0 Å². The van der Waals surface area contributed by atoms with Crippen molar-refractivity contribution in [3.05, 3.63) is 51.3 Å². The molecule has 1 aromatic heterocycles. The van der Waals surface area contributed by atoms with Crippen molar-refractivity contribution in [3.8, 4) is 0 Å². The van der Waals surface area contributed by atoms with Crippen LogP contribution in [0.2, 0.25) is 0 Å². The Morgan fingerprint density at radius 1 is 1.19 bits per heavy atom. The smallest absolute Gasteiger partial charge is 0.228 e. The van der Waals surface area contributed by atoms with Crippen LogP contribution in [0, 0.1) is 22.2 Å². The molecule has 1 amide bonds. The first kappa shape index (κ1) is 18.3. The first-order chi connectivity index (χ1) is 12.9. The van der Waals surface area contributed by atoms with E-state index in [1.54, 1.807) is 11.6 Å². The molecule has 0 aliphatic carbocycles. The van der Waals surface area contributed by atoms with E-state index in [0.717, 1.165) is 49.5 Å². The highest BCUT2D eigenvalue weighted by Gasteiger charge is 2.33. The second-order valence-corrected chi connectivity index (χ2v) is 7.63. The largest absolute Gasteiger partial charge is 0.342 e. The summed E-state index contributed by atoms with van der Waals surface area (Å²) in [6.45, 7) is 1.81. The third kappa shape index (κ3) is 2.99. The number of likely N-dealkylation sites (tertiary alicyclic amines) is 1. The first-order valence-corrected chi connectivity index (χ1v) is 9.47. The number of hydrogen-bond donors (Lipinski definition) is 0. The average molecular weight is 395 g/mol. The SMILES string of the molecule is Cn1c(CC(=O)N2CCCC2)c2n(c1=S)CC(c1c(F)ccc(F)c1F)C2. The van der Waals surface area contributed by atoms with E-state index in [4.69, 9.17) is 12.2 Å². The van der Waals surface area contributed by atoms with Crippen LogP contribution in [0.15, 0.2) is 12.1 Å². The van der Waals surface area contributed by atoms with Crippen molar-refractivity contribution in [1.82, 2.24) is 14.0 Å². The standard InChI is InChI=1S/C19H20F3N3OS/c1-23-14(9-16(26)24-6-2-3-7-24)15-8-11(10-25(15)19(23)27)17-12(20)4-5-13(21)18(17)22/h4-5,11H,2-3,6-10H2,1H3. The fourth-order valence-corrected chi connectivity index (χ4v) is 4.54. The number of aromatic nitrogens is 2. The highest BCUT2D eigenvalue weighted by molar-refractivity contribution is 7.71. The number of benzene rings is 1. The molecule has 1 aromatic carbocycles. The Labute approximate surface area is 160 Å². The van der Waals surface area contributed by atoms with Gasteiger partial charge < -0.3 is 14.0 Å². The Balaban J connectivity index is 1.66. The maximum atomic E-state index is 14.2. The summed E-state index contributed by atoms with van der Waals surface area (Å²) in [4.78, 5) is 14.4. The number of carbonyl (C=O) groups excluding carboxylic acids is 1. The van der Waals surface area contributed by atoms with Gasteiger partial charge in [-0.15, -0.1) is 0 Å². The normalized spacial score (nSPS) is 19.0. The highest BCUT2D eigenvalue weighted by Crippen LogP contribution is 2.36. The van der Waals surface area contributed by atoms with Crippen LogP contribution in [-0.2, 0) is 31.2 Å². The number of imidazole rings is 1. The Morgan fingerprint density at radius 3 is 2.56 bits per heavy atom. The molecule has 3 heterocycles. The number of fused-ring (bicyclic) bond motifs is 1. The fourth-order valence-electron chi connectivity index (χ4n) is 4.25. The van der Waals surface area contributed by atoms with Crippen molar-refractivity contribution in [2.75, 3.05) is 13.1 Å². The van der Waals surface area contributed by atoms with Crippen LogP contribution in [0.5, 0.6) is 0 Å². The number of halogens is 3. The molecule has 4 nitrogen and oxygen atoms in total. The Bertz CT molecular complexity index is 976. The predicted molar refractivity (Wildman–Crippen MR) is 96.5 cm³/mol. The number of rotatable bonds is 3. The van der Waals surface area contributed by atoms with Crippen molar-refractivity contribution in [2.45, 2.75) is 38.1 Å². The van der Waals surface area contributed by atoms with Crippen molar-refractivity contribution in [2.24, 2.45) is 7.05 Å². The molecule has 1 unspecified atom stereocenters. The quantitative estimate of drug-likeness (QED) is 0.588. The summed E-state index contributed by atoms with van der Waals surface area (Å²) >= 11 is 5.46. The van der Waals surface area contributed by atoms with Crippen LogP contribution >= 0.6 is 12.2 Å². The van der Waals surface area contributed by atoms with Gasteiger partial charge >= 0.3 is 0 Å². The van der Waals surface area contributed by atoms with E-state index >= 15 is 0 Å². The van der Waals surface area contributed by atoms with Crippen molar-refractivity contribution < 1.29 is 18.0 Å². The van der Waals surface area contributed by atoms with Gasteiger partial charge in [-0.25, -0.2) is 13.2 Å². The van der Waals surface area contributed by atoms with Crippen molar-refractivity contribution in [3.63, 3.8) is 0 Å². The van der Waals surface area contributed by atoms with Gasteiger partial charge in [0, 0.05) is 49.6 Å². The van der Waals surface area contributed by atoms with E-state index in [1.165, 1.54) is 0 Å². The van der Waals surface area contributed by atoms with E-state index in [1.807, 2.05) is 9.47 Å². The molecule has 2 aromatic rings. The van der Waals surface area contributed by atoms with Crippen LogP contribution in [0.25, 0.3) is 0 Å². The van der Waals surface area contributed by atoms with Gasteiger partial charge in [-0.2, -0.15) is 0 Å². The molecular formula is C19H20F3N3OS. The maximum Gasteiger partial charge on any atom is 0.228 e. The number of carbonyl (C=O) groups is 1. The second kappa shape index (κ2) is 6.82. The number of nitrogens with zero attached hydrogens (tertiary/aromatic N) is 3. The zero-order chi connectivity index (χ0) is 19.3. The molecule has 4 rings (SSSR count). The van der Waals surface area contributed by atoms with Crippen LogP contribution in [0.1, 0.15) is 35.7 Å². The zero-order valence-corrected chi connectivity index (χ0v) is 15.8. The molecule has 144 valence electrons.